The van der Waals surface area contributed by atoms with E-state index in [1.54, 1.807) is 30.5 Å². The smallest absolute Gasteiger partial charge is 0.251 e. The van der Waals surface area contributed by atoms with Gasteiger partial charge in [-0.1, -0.05) is 0 Å². The van der Waals surface area contributed by atoms with Crippen molar-refractivity contribution in [2.45, 2.75) is 44.8 Å². The van der Waals surface area contributed by atoms with Gasteiger partial charge in [0.2, 0.25) is 17.7 Å². The number of nitrogens with one attached hydrogen (secondary N) is 2. The first-order valence-corrected chi connectivity index (χ1v) is 9.24. The lowest BCUT2D eigenvalue weighted by Gasteiger charge is -2.29. The van der Waals surface area contributed by atoms with Crippen LogP contribution in [0.2, 0.25) is 0 Å². The quantitative estimate of drug-likeness (QED) is 0.794. The van der Waals surface area contributed by atoms with E-state index < -0.39 is 0 Å². The van der Waals surface area contributed by atoms with Crippen LogP contribution in [0.15, 0.2) is 36.7 Å². The number of aromatic nitrogens is 2. The lowest BCUT2D eigenvalue weighted by atomic mass is 9.92. The van der Waals surface area contributed by atoms with Crippen LogP contribution in [-0.2, 0) is 4.79 Å². The third-order valence-corrected chi connectivity index (χ3v) is 4.56. The lowest BCUT2D eigenvalue weighted by Crippen LogP contribution is -2.39. The molecule has 8 nitrogen and oxygen atoms in total. The second-order valence-corrected chi connectivity index (χ2v) is 6.72. The van der Waals surface area contributed by atoms with Crippen molar-refractivity contribution in [2.24, 2.45) is 0 Å². The van der Waals surface area contributed by atoms with Crippen molar-refractivity contribution >= 4 is 17.5 Å². The van der Waals surface area contributed by atoms with Gasteiger partial charge < -0.3 is 20.1 Å². The summed E-state index contributed by atoms with van der Waals surface area (Å²) < 4.78 is 10.9. The maximum atomic E-state index is 12.4. The summed E-state index contributed by atoms with van der Waals surface area (Å²) in [5, 5.41) is 5.75. The van der Waals surface area contributed by atoms with Gasteiger partial charge in [0.05, 0.1) is 19.5 Å². The van der Waals surface area contributed by atoms with E-state index in [4.69, 9.17) is 9.47 Å². The Bertz CT molecular complexity index is 817. The second-order valence-electron chi connectivity index (χ2n) is 6.72. The highest BCUT2D eigenvalue weighted by molar-refractivity contribution is 5.95. The third kappa shape index (κ3) is 5.42. The molecule has 28 heavy (non-hydrogen) atoms. The minimum atomic E-state index is -0.142. The van der Waals surface area contributed by atoms with E-state index in [1.165, 1.54) is 20.2 Å². The fraction of sp³-hybridized carbons (Fsp3) is 0.400. The summed E-state index contributed by atoms with van der Waals surface area (Å²) in [6.45, 7) is 1.45. The first-order chi connectivity index (χ1) is 13.5. The Labute approximate surface area is 163 Å². The molecule has 0 atom stereocenters. The number of hydrogen-bond donors (Lipinski definition) is 2. The topological polar surface area (TPSA) is 102 Å². The van der Waals surface area contributed by atoms with Gasteiger partial charge in [0.15, 0.2) is 0 Å². The minimum Gasteiger partial charge on any atom is -0.480 e. The average Bonchev–Trinajstić information content (AvgIpc) is 2.69. The van der Waals surface area contributed by atoms with E-state index in [9.17, 15) is 9.59 Å². The number of amides is 2. The summed E-state index contributed by atoms with van der Waals surface area (Å²) in [7, 11) is 1.54. The first-order valence-electron chi connectivity index (χ1n) is 9.24. The highest BCUT2D eigenvalue weighted by Gasteiger charge is 2.24. The zero-order chi connectivity index (χ0) is 19.9. The SMILES string of the molecule is COc1cncc(OC2CCC(NC(=O)c3ccc(NC(C)=O)cc3)CC2)n1. The molecular formula is C20H24N4O4. The van der Waals surface area contributed by atoms with Crippen LogP contribution in [0.25, 0.3) is 0 Å². The number of benzene rings is 1. The molecule has 2 N–H and O–H groups in total. The Kier molecular flexibility index (Phi) is 6.41. The molecule has 2 aromatic rings. The van der Waals surface area contributed by atoms with Gasteiger partial charge in [-0.15, -0.1) is 0 Å². The van der Waals surface area contributed by atoms with E-state index in [-0.39, 0.29) is 24.0 Å². The van der Waals surface area contributed by atoms with Crippen LogP contribution in [0.5, 0.6) is 11.8 Å². The number of carbonyl (C=O) groups is 2. The van der Waals surface area contributed by atoms with E-state index in [0.717, 1.165) is 25.7 Å². The Morgan fingerprint density at radius 1 is 1.04 bits per heavy atom. The van der Waals surface area contributed by atoms with E-state index in [1.807, 2.05) is 0 Å². The molecule has 0 aliphatic heterocycles. The number of rotatable bonds is 6. The maximum Gasteiger partial charge on any atom is 0.251 e. The van der Waals surface area contributed by atoms with Crippen LogP contribution in [0.1, 0.15) is 43.0 Å². The molecule has 3 rings (SSSR count). The molecule has 1 fully saturated rings. The number of carbonyl (C=O) groups excluding carboxylic acids is 2. The maximum absolute atomic E-state index is 12.4. The van der Waals surface area contributed by atoms with Crippen molar-refractivity contribution in [3.63, 3.8) is 0 Å². The summed E-state index contributed by atoms with van der Waals surface area (Å²) in [6, 6.07) is 6.96. The van der Waals surface area contributed by atoms with Gasteiger partial charge in [-0.3, -0.25) is 14.6 Å². The van der Waals surface area contributed by atoms with Crippen molar-refractivity contribution in [2.75, 3.05) is 12.4 Å². The molecule has 0 spiro atoms. The third-order valence-electron chi connectivity index (χ3n) is 4.56. The number of nitrogens with zero attached hydrogens (tertiary/aromatic N) is 2. The molecule has 0 unspecified atom stereocenters. The molecule has 1 aliphatic carbocycles. The van der Waals surface area contributed by atoms with Crippen molar-refractivity contribution in [3.8, 4) is 11.8 Å². The van der Waals surface area contributed by atoms with Gasteiger partial charge in [0.1, 0.15) is 6.10 Å². The fourth-order valence-electron chi connectivity index (χ4n) is 3.16. The Morgan fingerprint density at radius 3 is 2.36 bits per heavy atom. The monoisotopic (exact) mass is 384 g/mol. The normalized spacial score (nSPS) is 18.8. The number of ether oxygens (including phenoxy) is 2. The van der Waals surface area contributed by atoms with Crippen LogP contribution >= 0.6 is 0 Å². The molecule has 0 radical (unpaired) electrons. The molecule has 1 aromatic carbocycles. The average molecular weight is 384 g/mol. The largest absolute Gasteiger partial charge is 0.480 e. The molecule has 2 amide bonds. The van der Waals surface area contributed by atoms with Gasteiger partial charge in [-0.2, -0.15) is 4.98 Å². The van der Waals surface area contributed by atoms with Crippen molar-refractivity contribution < 1.29 is 19.1 Å². The molecule has 0 saturated heterocycles. The van der Waals surface area contributed by atoms with E-state index in [2.05, 4.69) is 20.6 Å². The molecule has 1 aliphatic rings. The molecule has 0 bridgehead atoms. The zero-order valence-electron chi connectivity index (χ0n) is 16.0. The van der Waals surface area contributed by atoms with Crippen molar-refractivity contribution in [1.82, 2.24) is 15.3 Å². The van der Waals surface area contributed by atoms with Crippen LogP contribution in [0, 0.1) is 0 Å². The second kappa shape index (κ2) is 9.16. The van der Waals surface area contributed by atoms with Crippen LogP contribution in [-0.4, -0.2) is 41.0 Å². The standard InChI is InChI=1S/C20H24N4O4/c1-13(25)22-15-5-3-14(4-6-15)20(26)23-16-7-9-17(10-8-16)28-19-12-21-11-18(24-19)27-2/h3-6,11-12,16-17H,7-10H2,1-2H3,(H,22,25)(H,23,26). The van der Waals surface area contributed by atoms with Gasteiger partial charge in [-0.05, 0) is 49.9 Å². The summed E-state index contributed by atoms with van der Waals surface area (Å²) in [4.78, 5) is 31.7. The van der Waals surface area contributed by atoms with Crippen molar-refractivity contribution in [1.29, 1.82) is 0 Å². The summed E-state index contributed by atoms with van der Waals surface area (Å²) in [5.41, 5.74) is 1.24. The number of methoxy groups -OCH3 is 1. The highest BCUT2D eigenvalue weighted by atomic mass is 16.5. The minimum absolute atomic E-state index is 0.0477. The zero-order valence-corrected chi connectivity index (χ0v) is 16.0. The molecular weight excluding hydrogens is 360 g/mol. The van der Waals surface area contributed by atoms with E-state index in [0.29, 0.717) is 23.0 Å². The number of hydrogen-bond acceptors (Lipinski definition) is 6. The fourth-order valence-corrected chi connectivity index (χ4v) is 3.16. The van der Waals surface area contributed by atoms with Crippen LogP contribution < -0.4 is 20.1 Å². The molecule has 8 heteroatoms. The van der Waals surface area contributed by atoms with Gasteiger partial charge in [0, 0.05) is 24.2 Å². The Hall–Kier alpha value is -3.16. The van der Waals surface area contributed by atoms with Gasteiger partial charge in [0.25, 0.3) is 5.91 Å². The van der Waals surface area contributed by atoms with Gasteiger partial charge in [-0.25, -0.2) is 0 Å². The van der Waals surface area contributed by atoms with Crippen molar-refractivity contribution in [3.05, 3.63) is 42.2 Å². The Morgan fingerprint density at radius 2 is 1.71 bits per heavy atom. The molecule has 1 heterocycles. The van der Waals surface area contributed by atoms with Crippen LogP contribution in [0.3, 0.4) is 0 Å². The summed E-state index contributed by atoms with van der Waals surface area (Å²) in [5.74, 6) is 0.614. The molecule has 1 aromatic heterocycles. The van der Waals surface area contributed by atoms with Gasteiger partial charge >= 0.3 is 0 Å². The summed E-state index contributed by atoms with van der Waals surface area (Å²) >= 11 is 0. The lowest BCUT2D eigenvalue weighted by molar-refractivity contribution is -0.114. The molecule has 148 valence electrons. The predicted molar refractivity (Wildman–Crippen MR) is 103 cm³/mol. The molecule has 1 saturated carbocycles. The Balaban J connectivity index is 1.47. The highest BCUT2D eigenvalue weighted by Crippen LogP contribution is 2.24. The first kappa shape index (κ1) is 19.6. The predicted octanol–water partition coefficient (Wildman–Crippen LogP) is 2.56. The van der Waals surface area contributed by atoms with E-state index >= 15 is 0 Å². The summed E-state index contributed by atoms with van der Waals surface area (Å²) in [6.07, 6.45) is 6.46. The van der Waals surface area contributed by atoms with Crippen LogP contribution in [0.4, 0.5) is 5.69 Å². The number of anilines is 1.